The number of likely N-dealkylation sites (tertiary alicyclic amines) is 1. The monoisotopic (exact) mass is 363 g/mol. The number of rotatable bonds is 5. The molecule has 1 atom stereocenters. The molecule has 0 radical (unpaired) electrons. The molecule has 1 N–H and O–H groups in total. The molecule has 0 aliphatic carbocycles. The minimum absolute atomic E-state index is 0.0460. The number of anilines is 1. The number of thiazole rings is 1. The zero-order valence-electron chi connectivity index (χ0n) is 14.6. The average Bonchev–Trinajstić information content (AvgIpc) is 3.13. The number of nitrogens with zero attached hydrogens (tertiary/aromatic N) is 2. The molecule has 3 heterocycles. The number of hydrogen-bond donors (Lipinski definition) is 1. The molecule has 1 amide bonds. The van der Waals surface area contributed by atoms with E-state index in [9.17, 15) is 4.79 Å². The first-order valence-electron chi connectivity index (χ1n) is 8.62. The van der Waals surface area contributed by atoms with Crippen LogP contribution in [0.1, 0.15) is 52.5 Å². The molecule has 0 spiro atoms. The third kappa shape index (κ3) is 4.23. The van der Waals surface area contributed by atoms with Crippen LogP contribution in [0, 0.1) is 12.8 Å². The molecule has 1 unspecified atom stereocenters. The maximum Gasteiger partial charge on any atom is 0.267 e. The lowest BCUT2D eigenvalue weighted by molar-refractivity contribution is 0.103. The molecule has 24 heavy (non-hydrogen) atoms. The van der Waals surface area contributed by atoms with Crippen molar-refractivity contribution in [1.82, 2.24) is 9.88 Å². The Hall–Kier alpha value is -1.24. The first-order valence-corrected chi connectivity index (χ1v) is 10.3. The average molecular weight is 364 g/mol. The summed E-state index contributed by atoms with van der Waals surface area (Å²) < 4.78 is 0. The molecule has 0 saturated carbocycles. The van der Waals surface area contributed by atoms with Crippen molar-refractivity contribution in [2.45, 2.75) is 46.6 Å². The van der Waals surface area contributed by atoms with Crippen LogP contribution in [-0.4, -0.2) is 28.9 Å². The number of hydrogen-bond acceptors (Lipinski definition) is 5. The van der Waals surface area contributed by atoms with Crippen molar-refractivity contribution in [2.24, 2.45) is 5.92 Å². The number of aryl methyl sites for hydroxylation is 2. The SMILES string of the molecule is CCc1cc(C(=O)Nc2nc(CN3CCCC(C)C3)cs2)sc1C. The molecular formula is C18H25N3OS2. The van der Waals surface area contributed by atoms with Crippen molar-refractivity contribution >= 4 is 33.7 Å². The van der Waals surface area contributed by atoms with Gasteiger partial charge in [0.05, 0.1) is 10.6 Å². The van der Waals surface area contributed by atoms with Crippen molar-refractivity contribution in [2.75, 3.05) is 18.4 Å². The fourth-order valence-corrected chi connectivity index (χ4v) is 4.94. The van der Waals surface area contributed by atoms with Gasteiger partial charge >= 0.3 is 0 Å². The van der Waals surface area contributed by atoms with Crippen LogP contribution >= 0.6 is 22.7 Å². The van der Waals surface area contributed by atoms with Crippen LogP contribution in [0.2, 0.25) is 0 Å². The Labute approximate surface area is 151 Å². The Kier molecular flexibility index (Phi) is 5.69. The van der Waals surface area contributed by atoms with Crippen molar-refractivity contribution in [3.63, 3.8) is 0 Å². The third-order valence-electron chi connectivity index (χ3n) is 4.52. The van der Waals surface area contributed by atoms with Crippen molar-refractivity contribution in [3.05, 3.63) is 32.5 Å². The van der Waals surface area contributed by atoms with E-state index >= 15 is 0 Å². The zero-order valence-corrected chi connectivity index (χ0v) is 16.2. The Balaban J connectivity index is 1.59. The Morgan fingerprint density at radius 1 is 1.50 bits per heavy atom. The number of nitrogens with one attached hydrogen (secondary N) is 1. The summed E-state index contributed by atoms with van der Waals surface area (Å²) in [4.78, 5) is 21.4. The van der Waals surface area contributed by atoms with E-state index in [2.05, 4.69) is 41.4 Å². The summed E-state index contributed by atoms with van der Waals surface area (Å²) in [6, 6.07) is 2.00. The number of amides is 1. The van der Waals surface area contributed by atoms with Gasteiger partial charge < -0.3 is 0 Å². The van der Waals surface area contributed by atoms with Gasteiger partial charge in [-0.2, -0.15) is 0 Å². The largest absolute Gasteiger partial charge is 0.297 e. The van der Waals surface area contributed by atoms with Crippen LogP contribution in [0.15, 0.2) is 11.4 Å². The van der Waals surface area contributed by atoms with Gasteiger partial charge in [-0.05, 0) is 50.3 Å². The van der Waals surface area contributed by atoms with E-state index in [4.69, 9.17) is 0 Å². The lowest BCUT2D eigenvalue weighted by Crippen LogP contribution is -2.33. The van der Waals surface area contributed by atoms with Gasteiger partial charge in [0.1, 0.15) is 0 Å². The van der Waals surface area contributed by atoms with Crippen molar-refractivity contribution < 1.29 is 4.79 Å². The van der Waals surface area contributed by atoms with Gasteiger partial charge in [-0.1, -0.05) is 13.8 Å². The number of thiophene rings is 1. The molecule has 130 valence electrons. The van der Waals surface area contributed by atoms with E-state index in [-0.39, 0.29) is 5.91 Å². The molecule has 1 fully saturated rings. The van der Waals surface area contributed by atoms with Crippen LogP contribution < -0.4 is 5.32 Å². The highest BCUT2D eigenvalue weighted by Crippen LogP contribution is 2.25. The summed E-state index contributed by atoms with van der Waals surface area (Å²) in [6.45, 7) is 9.68. The first-order chi connectivity index (χ1) is 11.5. The maximum absolute atomic E-state index is 12.4. The second kappa shape index (κ2) is 7.76. The number of aromatic nitrogens is 1. The predicted molar refractivity (Wildman–Crippen MR) is 102 cm³/mol. The molecule has 3 rings (SSSR count). The Morgan fingerprint density at radius 3 is 3.04 bits per heavy atom. The molecule has 0 bridgehead atoms. The molecule has 1 saturated heterocycles. The van der Waals surface area contributed by atoms with Crippen LogP contribution in [-0.2, 0) is 13.0 Å². The van der Waals surface area contributed by atoms with Gasteiger partial charge in [-0.25, -0.2) is 4.98 Å². The molecular weight excluding hydrogens is 338 g/mol. The molecule has 1 aliphatic heterocycles. The second-order valence-corrected chi connectivity index (χ2v) is 8.74. The lowest BCUT2D eigenvalue weighted by Gasteiger charge is -2.30. The van der Waals surface area contributed by atoms with Crippen molar-refractivity contribution in [1.29, 1.82) is 0 Å². The second-order valence-electron chi connectivity index (χ2n) is 6.63. The maximum atomic E-state index is 12.4. The van der Waals surface area contributed by atoms with E-state index < -0.39 is 0 Å². The van der Waals surface area contributed by atoms with E-state index in [1.807, 2.05) is 6.07 Å². The van der Waals surface area contributed by atoms with E-state index in [0.29, 0.717) is 5.13 Å². The smallest absolute Gasteiger partial charge is 0.267 e. The standard InChI is InChI=1S/C18H25N3OS2/c1-4-14-8-16(24-13(14)3)17(22)20-18-19-15(11-23-18)10-21-7-5-6-12(2)9-21/h8,11-12H,4-7,9-10H2,1-3H3,(H,19,20,22). The van der Waals surface area contributed by atoms with E-state index in [1.165, 1.54) is 34.6 Å². The van der Waals surface area contributed by atoms with Crippen LogP contribution in [0.4, 0.5) is 5.13 Å². The van der Waals surface area contributed by atoms with E-state index in [0.717, 1.165) is 42.5 Å². The predicted octanol–water partition coefficient (Wildman–Crippen LogP) is 4.56. The Bertz CT molecular complexity index is 707. The minimum atomic E-state index is -0.0460. The fraction of sp³-hybridized carbons (Fsp3) is 0.556. The summed E-state index contributed by atoms with van der Waals surface area (Å²) in [7, 11) is 0. The zero-order chi connectivity index (χ0) is 17.1. The quantitative estimate of drug-likeness (QED) is 0.847. The normalized spacial score (nSPS) is 18.7. The number of carbonyl (C=O) groups excluding carboxylic acids is 1. The summed E-state index contributed by atoms with van der Waals surface area (Å²) in [5.41, 5.74) is 2.31. The molecule has 2 aromatic heterocycles. The highest BCUT2D eigenvalue weighted by atomic mass is 32.1. The highest BCUT2D eigenvalue weighted by molar-refractivity contribution is 7.15. The molecule has 4 nitrogen and oxygen atoms in total. The number of piperidine rings is 1. The molecule has 2 aromatic rings. The molecule has 6 heteroatoms. The van der Waals surface area contributed by atoms with Gasteiger partial charge in [-0.3, -0.25) is 15.0 Å². The molecule has 0 aromatic carbocycles. The minimum Gasteiger partial charge on any atom is -0.297 e. The first kappa shape index (κ1) is 17.6. The number of carbonyl (C=O) groups is 1. The molecule has 1 aliphatic rings. The lowest BCUT2D eigenvalue weighted by atomic mass is 10.0. The Morgan fingerprint density at radius 2 is 2.33 bits per heavy atom. The fourth-order valence-electron chi connectivity index (χ4n) is 3.24. The third-order valence-corrected chi connectivity index (χ3v) is 6.42. The topological polar surface area (TPSA) is 45.2 Å². The highest BCUT2D eigenvalue weighted by Gasteiger charge is 2.18. The van der Waals surface area contributed by atoms with Crippen molar-refractivity contribution in [3.8, 4) is 0 Å². The van der Waals surface area contributed by atoms with Gasteiger partial charge in [0.15, 0.2) is 5.13 Å². The van der Waals surface area contributed by atoms with Crippen LogP contribution in [0.5, 0.6) is 0 Å². The van der Waals surface area contributed by atoms with Gasteiger partial charge in [0.2, 0.25) is 0 Å². The van der Waals surface area contributed by atoms with Crippen LogP contribution in [0.25, 0.3) is 0 Å². The van der Waals surface area contributed by atoms with Gasteiger partial charge in [-0.15, -0.1) is 22.7 Å². The van der Waals surface area contributed by atoms with Crippen LogP contribution in [0.3, 0.4) is 0 Å². The summed E-state index contributed by atoms with van der Waals surface area (Å²) in [6.07, 6.45) is 3.56. The summed E-state index contributed by atoms with van der Waals surface area (Å²) in [5, 5.41) is 5.71. The van der Waals surface area contributed by atoms with Gasteiger partial charge in [0, 0.05) is 23.3 Å². The summed E-state index contributed by atoms with van der Waals surface area (Å²) in [5.74, 6) is 0.724. The van der Waals surface area contributed by atoms with E-state index in [1.54, 1.807) is 11.3 Å². The van der Waals surface area contributed by atoms with Gasteiger partial charge in [0.25, 0.3) is 5.91 Å². The summed E-state index contributed by atoms with van der Waals surface area (Å²) >= 11 is 3.07.